The van der Waals surface area contributed by atoms with Crippen molar-refractivity contribution in [3.05, 3.63) is 41.5 Å². The number of carboxylic acid groups (broad SMARTS) is 1. The summed E-state index contributed by atoms with van der Waals surface area (Å²) in [7, 11) is 0. The lowest BCUT2D eigenvalue weighted by Crippen LogP contribution is -2.53. The second-order valence-corrected chi connectivity index (χ2v) is 8.43. The lowest BCUT2D eigenvalue weighted by Gasteiger charge is -2.31. The van der Waals surface area contributed by atoms with Crippen LogP contribution in [0.5, 0.6) is 0 Å². The highest BCUT2D eigenvalue weighted by Crippen LogP contribution is 2.45. The SMILES string of the molecule is O=C1CC[C@@H](N2C(=O)c3cccc4c(C5CCC(C(=O)O)CC5)ccc2c34)C(=O)N1. The number of anilines is 1. The van der Waals surface area contributed by atoms with Crippen molar-refractivity contribution >= 4 is 40.2 Å². The number of aliphatic carboxylic acids is 1. The number of imide groups is 1. The average molecular weight is 406 g/mol. The van der Waals surface area contributed by atoms with Gasteiger partial charge in [-0.15, -0.1) is 0 Å². The summed E-state index contributed by atoms with van der Waals surface area (Å²) in [5.74, 6) is -1.70. The number of piperidine rings is 1. The minimum absolute atomic E-state index is 0.211. The Morgan fingerprint density at radius 3 is 2.47 bits per heavy atom. The van der Waals surface area contributed by atoms with Gasteiger partial charge in [-0.2, -0.15) is 0 Å². The quantitative estimate of drug-likeness (QED) is 0.763. The third-order valence-electron chi connectivity index (χ3n) is 6.80. The monoisotopic (exact) mass is 406 g/mol. The maximum atomic E-state index is 13.2. The summed E-state index contributed by atoms with van der Waals surface area (Å²) < 4.78 is 0. The number of carboxylic acids is 1. The average Bonchev–Trinajstić information content (AvgIpc) is 3.02. The molecule has 2 fully saturated rings. The van der Waals surface area contributed by atoms with Crippen molar-refractivity contribution in [3.63, 3.8) is 0 Å². The van der Waals surface area contributed by atoms with Gasteiger partial charge in [0.05, 0.1) is 11.6 Å². The fourth-order valence-electron chi connectivity index (χ4n) is 5.27. The first kappa shape index (κ1) is 18.8. The van der Waals surface area contributed by atoms with Crippen molar-refractivity contribution in [1.82, 2.24) is 5.32 Å². The Morgan fingerprint density at radius 2 is 1.77 bits per heavy atom. The molecule has 5 rings (SSSR count). The van der Waals surface area contributed by atoms with E-state index in [0.29, 0.717) is 30.5 Å². The summed E-state index contributed by atoms with van der Waals surface area (Å²) >= 11 is 0. The standard InChI is InChI=1S/C23H22N2O5/c26-19-11-10-18(21(27)24-19)25-17-9-8-14(12-4-6-13(7-5-12)23(29)30)15-2-1-3-16(20(15)17)22(25)28/h1-3,8-9,12-13,18H,4-7,10-11H2,(H,29,30)(H,24,26,27)/t12?,13?,18-/m1/s1. The molecule has 7 heteroatoms. The van der Waals surface area contributed by atoms with E-state index < -0.39 is 17.9 Å². The molecule has 2 aliphatic heterocycles. The zero-order valence-corrected chi connectivity index (χ0v) is 16.4. The van der Waals surface area contributed by atoms with Gasteiger partial charge < -0.3 is 5.11 Å². The van der Waals surface area contributed by atoms with Crippen LogP contribution in [0.25, 0.3) is 10.8 Å². The van der Waals surface area contributed by atoms with E-state index in [0.717, 1.165) is 29.2 Å². The molecule has 1 saturated heterocycles. The van der Waals surface area contributed by atoms with Crippen LogP contribution in [0, 0.1) is 5.92 Å². The predicted molar refractivity (Wildman–Crippen MR) is 109 cm³/mol. The maximum absolute atomic E-state index is 13.2. The van der Waals surface area contributed by atoms with E-state index in [1.54, 1.807) is 6.07 Å². The van der Waals surface area contributed by atoms with E-state index in [1.165, 1.54) is 4.90 Å². The van der Waals surface area contributed by atoms with E-state index in [1.807, 2.05) is 24.3 Å². The lowest BCUT2D eigenvalue weighted by molar-refractivity contribution is -0.143. The Morgan fingerprint density at radius 1 is 1.00 bits per heavy atom. The molecule has 0 unspecified atom stereocenters. The van der Waals surface area contributed by atoms with Gasteiger partial charge >= 0.3 is 5.97 Å². The fraction of sp³-hybridized carbons (Fsp3) is 0.391. The molecule has 1 atom stereocenters. The molecule has 0 spiro atoms. The van der Waals surface area contributed by atoms with Gasteiger partial charge in [-0.25, -0.2) is 0 Å². The molecule has 3 aliphatic rings. The van der Waals surface area contributed by atoms with Crippen molar-refractivity contribution in [2.45, 2.75) is 50.5 Å². The summed E-state index contributed by atoms with van der Waals surface area (Å²) in [5, 5.41) is 13.5. The summed E-state index contributed by atoms with van der Waals surface area (Å²) in [6.07, 6.45) is 3.45. The fourth-order valence-corrected chi connectivity index (χ4v) is 5.27. The Hall–Kier alpha value is -3.22. The number of carbonyl (C=O) groups excluding carboxylic acids is 3. The Labute approximate surface area is 173 Å². The van der Waals surface area contributed by atoms with Crippen LogP contribution >= 0.6 is 0 Å². The number of nitrogens with zero attached hydrogens (tertiary/aromatic N) is 1. The normalized spacial score (nSPS) is 26.2. The van der Waals surface area contributed by atoms with Gasteiger partial charge in [-0.1, -0.05) is 18.2 Å². The number of nitrogens with one attached hydrogen (secondary N) is 1. The van der Waals surface area contributed by atoms with Gasteiger partial charge in [0.2, 0.25) is 11.8 Å². The van der Waals surface area contributed by atoms with E-state index in [-0.39, 0.29) is 30.1 Å². The maximum Gasteiger partial charge on any atom is 0.306 e. The van der Waals surface area contributed by atoms with Gasteiger partial charge in [0, 0.05) is 17.4 Å². The molecule has 0 radical (unpaired) electrons. The number of carbonyl (C=O) groups is 4. The molecule has 1 saturated carbocycles. The van der Waals surface area contributed by atoms with Gasteiger partial charge in [-0.3, -0.25) is 29.4 Å². The Bertz CT molecular complexity index is 1100. The smallest absolute Gasteiger partial charge is 0.306 e. The summed E-state index contributed by atoms with van der Waals surface area (Å²) in [6, 6.07) is 8.87. The zero-order chi connectivity index (χ0) is 21.0. The molecule has 0 aromatic heterocycles. The largest absolute Gasteiger partial charge is 0.481 e. The molecule has 0 bridgehead atoms. The van der Waals surface area contributed by atoms with Gasteiger partial charge in [0.1, 0.15) is 6.04 Å². The van der Waals surface area contributed by atoms with Crippen molar-refractivity contribution in [1.29, 1.82) is 0 Å². The molecular weight excluding hydrogens is 384 g/mol. The van der Waals surface area contributed by atoms with Crippen LogP contribution in [-0.2, 0) is 14.4 Å². The number of amides is 3. The van der Waals surface area contributed by atoms with E-state index >= 15 is 0 Å². The van der Waals surface area contributed by atoms with Crippen molar-refractivity contribution in [2.75, 3.05) is 4.90 Å². The molecule has 3 amide bonds. The number of hydrogen-bond donors (Lipinski definition) is 2. The number of benzene rings is 2. The zero-order valence-electron chi connectivity index (χ0n) is 16.4. The first-order valence-electron chi connectivity index (χ1n) is 10.4. The predicted octanol–water partition coefficient (Wildman–Crippen LogP) is 2.96. The van der Waals surface area contributed by atoms with Crippen molar-refractivity contribution < 1.29 is 24.3 Å². The summed E-state index contributed by atoms with van der Waals surface area (Å²) in [4.78, 5) is 50.0. The lowest BCUT2D eigenvalue weighted by atomic mass is 9.77. The molecule has 1 aliphatic carbocycles. The van der Waals surface area contributed by atoms with Crippen LogP contribution < -0.4 is 10.2 Å². The van der Waals surface area contributed by atoms with Crippen LogP contribution in [-0.4, -0.2) is 34.8 Å². The van der Waals surface area contributed by atoms with Gasteiger partial charge in [0.15, 0.2) is 0 Å². The highest BCUT2D eigenvalue weighted by Gasteiger charge is 2.41. The molecule has 2 N–H and O–H groups in total. The molecular formula is C23H22N2O5. The molecule has 2 aromatic carbocycles. The van der Waals surface area contributed by atoms with Crippen molar-refractivity contribution in [3.8, 4) is 0 Å². The summed E-state index contributed by atoms with van der Waals surface area (Å²) in [5.41, 5.74) is 2.42. The number of rotatable bonds is 3. The second kappa shape index (κ2) is 6.93. The highest BCUT2D eigenvalue weighted by molar-refractivity contribution is 6.27. The van der Waals surface area contributed by atoms with E-state index in [4.69, 9.17) is 0 Å². The minimum Gasteiger partial charge on any atom is -0.481 e. The topological polar surface area (TPSA) is 104 Å². The van der Waals surface area contributed by atoms with Crippen LogP contribution in [0.3, 0.4) is 0 Å². The molecule has 154 valence electrons. The second-order valence-electron chi connectivity index (χ2n) is 8.43. The highest BCUT2D eigenvalue weighted by atomic mass is 16.4. The van der Waals surface area contributed by atoms with Crippen LogP contribution in [0.2, 0.25) is 0 Å². The van der Waals surface area contributed by atoms with Crippen LogP contribution in [0.4, 0.5) is 5.69 Å². The first-order valence-corrected chi connectivity index (χ1v) is 10.4. The van der Waals surface area contributed by atoms with Gasteiger partial charge in [-0.05, 0) is 61.1 Å². The molecule has 2 aromatic rings. The minimum atomic E-state index is -0.723. The third kappa shape index (κ3) is 2.80. The van der Waals surface area contributed by atoms with E-state index in [9.17, 15) is 24.3 Å². The van der Waals surface area contributed by atoms with E-state index in [2.05, 4.69) is 5.32 Å². The Kier molecular flexibility index (Phi) is 4.34. The first-order chi connectivity index (χ1) is 14.5. The Balaban J connectivity index is 1.53. The summed E-state index contributed by atoms with van der Waals surface area (Å²) in [6.45, 7) is 0. The molecule has 2 heterocycles. The third-order valence-corrected chi connectivity index (χ3v) is 6.80. The van der Waals surface area contributed by atoms with Crippen LogP contribution in [0.1, 0.15) is 60.4 Å². The van der Waals surface area contributed by atoms with Crippen LogP contribution in [0.15, 0.2) is 30.3 Å². The van der Waals surface area contributed by atoms with Gasteiger partial charge in [0.25, 0.3) is 5.91 Å². The van der Waals surface area contributed by atoms with Crippen molar-refractivity contribution in [2.24, 2.45) is 5.92 Å². The molecule has 30 heavy (non-hydrogen) atoms. The molecule has 7 nitrogen and oxygen atoms in total. The number of hydrogen-bond acceptors (Lipinski definition) is 4.